The fourth-order valence-electron chi connectivity index (χ4n) is 3.30. The van der Waals surface area contributed by atoms with Crippen LogP contribution in [0.25, 0.3) is 0 Å². The second-order valence-corrected chi connectivity index (χ2v) is 10.1. The van der Waals surface area contributed by atoms with Crippen LogP contribution in [0.3, 0.4) is 0 Å². The van der Waals surface area contributed by atoms with E-state index >= 15 is 0 Å². The lowest BCUT2D eigenvalue weighted by molar-refractivity contribution is -0.119. The number of anilines is 1. The number of carbonyl (C=O) groups is 1. The third-order valence-electron chi connectivity index (χ3n) is 5.02. The van der Waals surface area contributed by atoms with Crippen LogP contribution in [0, 0.1) is 5.82 Å². The van der Waals surface area contributed by atoms with Crippen LogP contribution in [0.4, 0.5) is 10.1 Å². The highest BCUT2D eigenvalue weighted by molar-refractivity contribution is 7.98. The van der Waals surface area contributed by atoms with Crippen molar-refractivity contribution >= 4 is 33.4 Å². The number of nitrogens with zero attached hydrogens (tertiary/aromatic N) is 1. The normalized spacial score (nSPS) is 11.1. The molecular weight excluding hydrogens is 475 g/mol. The average Bonchev–Trinajstić information content (AvgIpc) is 2.84. The van der Waals surface area contributed by atoms with Crippen molar-refractivity contribution in [3.63, 3.8) is 0 Å². The lowest BCUT2D eigenvalue weighted by Crippen LogP contribution is -2.41. The minimum atomic E-state index is -4.06. The van der Waals surface area contributed by atoms with Gasteiger partial charge in [0, 0.05) is 11.4 Å². The molecule has 0 unspecified atom stereocenters. The van der Waals surface area contributed by atoms with Crippen molar-refractivity contribution < 1.29 is 22.3 Å². The molecule has 0 atom stereocenters. The summed E-state index contributed by atoms with van der Waals surface area (Å²) < 4.78 is 47.0. The van der Waals surface area contributed by atoms with Gasteiger partial charge in [-0.05, 0) is 73.7 Å². The molecule has 3 rings (SSSR count). The van der Waals surface area contributed by atoms with Crippen molar-refractivity contribution in [2.75, 3.05) is 30.3 Å². The summed E-state index contributed by atoms with van der Waals surface area (Å²) in [5.41, 5.74) is 1.15. The van der Waals surface area contributed by atoms with E-state index in [1.165, 1.54) is 36.0 Å². The number of para-hydroxylation sites is 2. The van der Waals surface area contributed by atoms with Crippen LogP contribution in [0.2, 0.25) is 0 Å². The lowest BCUT2D eigenvalue weighted by atomic mass is 10.1. The first-order chi connectivity index (χ1) is 16.3. The summed E-state index contributed by atoms with van der Waals surface area (Å²) in [5, 5.41) is 2.76. The Morgan fingerprint density at radius 3 is 2.35 bits per heavy atom. The molecule has 1 N–H and O–H groups in total. The highest BCUT2D eigenvalue weighted by Crippen LogP contribution is 2.32. The summed E-state index contributed by atoms with van der Waals surface area (Å²) in [5.74, 6) is -0.418. The first-order valence-corrected chi connectivity index (χ1v) is 13.4. The second-order valence-electron chi connectivity index (χ2n) is 7.31. The van der Waals surface area contributed by atoms with Crippen LogP contribution in [-0.2, 0) is 21.2 Å². The molecule has 1 amide bonds. The van der Waals surface area contributed by atoms with Crippen LogP contribution in [0.1, 0.15) is 12.5 Å². The molecule has 0 fully saturated rings. The van der Waals surface area contributed by atoms with Crippen LogP contribution >= 0.6 is 11.8 Å². The van der Waals surface area contributed by atoms with Gasteiger partial charge < -0.3 is 10.1 Å². The van der Waals surface area contributed by atoms with E-state index in [-0.39, 0.29) is 22.9 Å². The quantitative estimate of drug-likeness (QED) is 0.391. The van der Waals surface area contributed by atoms with E-state index in [0.29, 0.717) is 18.8 Å². The van der Waals surface area contributed by atoms with E-state index in [9.17, 15) is 17.6 Å². The lowest BCUT2D eigenvalue weighted by Gasteiger charge is -2.26. The number of rotatable bonds is 11. The van der Waals surface area contributed by atoms with Gasteiger partial charge in [-0.3, -0.25) is 9.10 Å². The van der Waals surface area contributed by atoms with Gasteiger partial charge in [0.2, 0.25) is 5.91 Å². The van der Waals surface area contributed by atoms with Gasteiger partial charge in [-0.1, -0.05) is 24.3 Å². The molecule has 0 aliphatic rings. The minimum absolute atomic E-state index is 0.0794. The van der Waals surface area contributed by atoms with Gasteiger partial charge in [0.25, 0.3) is 10.0 Å². The maximum Gasteiger partial charge on any atom is 0.264 e. The third kappa shape index (κ3) is 6.51. The number of benzene rings is 3. The Balaban J connectivity index is 1.84. The SMILES string of the molecule is CCOc1ccccc1N(CC(=O)NCCc1ccc(F)cc1)S(=O)(=O)c1ccc(SC)cc1. The Kier molecular flexibility index (Phi) is 8.95. The molecule has 0 heterocycles. The zero-order valence-electron chi connectivity index (χ0n) is 19.0. The molecule has 3 aromatic carbocycles. The van der Waals surface area contributed by atoms with E-state index in [2.05, 4.69) is 5.32 Å². The number of hydrogen-bond acceptors (Lipinski definition) is 5. The first kappa shape index (κ1) is 25.6. The molecule has 0 bridgehead atoms. The summed E-state index contributed by atoms with van der Waals surface area (Å²) in [6, 6.07) is 19.3. The monoisotopic (exact) mass is 502 g/mol. The molecule has 0 aliphatic heterocycles. The van der Waals surface area contributed by atoms with Crippen molar-refractivity contribution in [2.24, 2.45) is 0 Å². The maximum atomic E-state index is 13.6. The van der Waals surface area contributed by atoms with Gasteiger partial charge in [0.15, 0.2) is 0 Å². The van der Waals surface area contributed by atoms with Crippen molar-refractivity contribution in [3.05, 3.63) is 84.2 Å². The number of nitrogens with one attached hydrogen (secondary N) is 1. The number of halogens is 1. The Morgan fingerprint density at radius 1 is 1.03 bits per heavy atom. The molecule has 3 aromatic rings. The van der Waals surface area contributed by atoms with Gasteiger partial charge in [-0.15, -0.1) is 11.8 Å². The topological polar surface area (TPSA) is 75.7 Å². The Bertz CT molecular complexity index is 1200. The van der Waals surface area contributed by atoms with Crippen molar-refractivity contribution in [1.29, 1.82) is 0 Å². The maximum absolute atomic E-state index is 13.6. The first-order valence-electron chi connectivity index (χ1n) is 10.7. The van der Waals surface area contributed by atoms with Gasteiger partial charge in [0.1, 0.15) is 18.1 Å². The molecular formula is C25H27FN2O4S2. The molecule has 180 valence electrons. The van der Waals surface area contributed by atoms with Crippen LogP contribution < -0.4 is 14.4 Å². The molecule has 6 nitrogen and oxygen atoms in total. The van der Waals surface area contributed by atoms with Crippen molar-refractivity contribution in [1.82, 2.24) is 5.32 Å². The van der Waals surface area contributed by atoms with Gasteiger partial charge in [0.05, 0.1) is 17.2 Å². The summed E-state index contributed by atoms with van der Waals surface area (Å²) >= 11 is 1.51. The molecule has 9 heteroatoms. The summed E-state index contributed by atoms with van der Waals surface area (Å²) in [7, 11) is -4.06. The Labute approximate surface area is 204 Å². The molecule has 0 radical (unpaired) electrons. The predicted octanol–water partition coefficient (Wildman–Crippen LogP) is 4.50. The Morgan fingerprint density at radius 2 is 1.71 bits per heavy atom. The van der Waals surface area contributed by atoms with Crippen LogP contribution in [0.5, 0.6) is 5.75 Å². The molecule has 0 aliphatic carbocycles. The zero-order valence-corrected chi connectivity index (χ0v) is 20.7. The minimum Gasteiger partial charge on any atom is -0.492 e. The number of hydrogen-bond donors (Lipinski definition) is 1. The summed E-state index contributed by atoms with van der Waals surface area (Å²) in [4.78, 5) is 13.8. The number of carbonyl (C=O) groups excluding carboxylic acids is 1. The zero-order chi connectivity index (χ0) is 24.6. The standard InChI is InChI=1S/C25H27FN2O4S2/c1-3-32-24-7-5-4-6-23(24)28(34(30,31)22-14-12-21(33-2)13-15-22)18-25(29)27-17-16-19-8-10-20(26)11-9-19/h4-15H,3,16-18H2,1-2H3,(H,27,29). The summed E-state index contributed by atoms with van der Waals surface area (Å²) in [6.45, 7) is 2.02. The van der Waals surface area contributed by atoms with Crippen LogP contribution in [-0.4, -0.2) is 40.3 Å². The summed E-state index contributed by atoms with van der Waals surface area (Å²) in [6.07, 6.45) is 2.40. The van der Waals surface area contributed by atoms with E-state index < -0.39 is 22.5 Å². The fraction of sp³-hybridized carbons (Fsp3) is 0.240. The smallest absolute Gasteiger partial charge is 0.264 e. The fourth-order valence-corrected chi connectivity index (χ4v) is 5.14. The number of amides is 1. The Hall–Kier alpha value is -3.04. The van der Waals surface area contributed by atoms with E-state index in [4.69, 9.17) is 4.74 Å². The van der Waals surface area contributed by atoms with Crippen molar-refractivity contribution in [3.8, 4) is 5.75 Å². The molecule has 34 heavy (non-hydrogen) atoms. The van der Waals surface area contributed by atoms with E-state index in [1.807, 2.05) is 6.26 Å². The predicted molar refractivity (Wildman–Crippen MR) is 133 cm³/mol. The van der Waals surface area contributed by atoms with Gasteiger partial charge in [-0.25, -0.2) is 12.8 Å². The second kappa shape index (κ2) is 11.9. The van der Waals surface area contributed by atoms with Crippen molar-refractivity contribution in [2.45, 2.75) is 23.1 Å². The highest BCUT2D eigenvalue weighted by atomic mass is 32.2. The van der Waals surface area contributed by atoms with E-state index in [1.54, 1.807) is 55.5 Å². The average molecular weight is 503 g/mol. The molecule has 0 aromatic heterocycles. The number of sulfonamides is 1. The molecule has 0 saturated heterocycles. The third-order valence-corrected chi connectivity index (χ3v) is 7.54. The largest absolute Gasteiger partial charge is 0.492 e. The van der Waals surface area contributed by atoms with E-state index in [0.717, 1.165) is 14.8 Å². The highest BCUT2D eigenvalue weighted by Gasteiger charge is 2.29. The number of thioether (sulfide) groups is 1. The van der Waals surface area contributed by atoms with Gasteiger partial charge in [-0.2, -0.15) is 0 Å². The number of ether oxygens (including phenoxy) is 1. The van der Waals surface area contributed by atoms with Crippen LogP contribution in [0.15, 0.2) is 82.6 Å². The van der Waals surface area contributed by atoms with Gasteiger partial charge >= 0.3 is 0 Å². The molecule has 0 saturated carbocycles. The molecule has 0 spiro atoms.